The molecule has 0 rings (SSSR count). The number of aliphatic hydroxyl groups excluding tert-OH is 1. The van der Waals surface area contributed by atoms with Crippen LogP contribution in [-0.2, 0) is 0 Å². The second-order valence-corrected chi connectivity index (χ2v) is 4.76. The molecule has 0 aromatic rings. The van der Waals surface area contributed by atoms with Gasteiger partial charge in [0.25, 0.3) is 0 Å². The second-order valence-electron chi connectivity index (χ2n) is 1.01. The SMILES string of the molecule is CCO.C[CH2][Mg][Br]. The van der Waals surface area contributed by atoms with Crippen molar-refractivity contribution in [2.24, 2.45) is 0 Å². The zero-order chi connectivity index (χ0) is 6.12. The Morgan fingerprint density at radius 3 is 1.71 bits per heavy atom. The van der Waals surface area contributed by atoms with E-state index in [2.05, 4.69) is 19.8 Å². The third-order valence-electron chi connectivity index (χ3n) is 0.189. The van der Waals surface area contributed by atoms with Crippen LogP contribution in [0.5, 0.6) is 0 Å². The first-order chi connectivity index (χ1) is 3.33. The van der Waals surface area contributed by atoms with E-state index in [-0.39, 0.29) is 24.8 Å². The number of aliphatic hydroxyl groups is 1. The highest BCUT2D eigenvalue weighted by Gasteiger charge is 1.73. The van der Waals surface area contributed by atoms with Crippen LogP contribution in [0, 0.1) is 0 Å². The van der Waals surface area contributed by atoms with E-state index in [1.54, 1.807) is 6.92 Å². The van der Waals surface area contributed by atoms with Gasteiger partial charge in [-0.25, -0.2) is 0 Å². The molecule has 0 unspecified atom stereocenters. The van der Waals surface area contributed by atoms with E-state index < -0.39 is 0 Å². The summed E-state index contributed by atoms with van der Waals surface area (Å²) in [5.41, 5.74) is 0. The van der Waals surface area contributed by atoms with E-state index in [1.807, 2.05) is 0 Å². The van der Waals surface area contributed by atoms with E-state index in [0.717, 1.165) is 0 Å². The third-order valence-corrected chi connectivity index (χ3v) is 2.95. The standard InChI is InChI=1S/C2H6O.C2H5.BrH.Mg/c1-2-3;1-2;;/h3H,2H2,1H3;1H2,2H3;1H;/q;;;+1/p-1. The van der Waals surface area contributed by atoms with Gasteiger partial charge in [0.05, 0.1) is 0 Å². The van der Waals surface area contributed by atoms with E-state index in [0.29, 0.717) is 0 Å². The molecule has 0 saturated heterocycles. The van der Waals surface area contributed by atoms with Crippen molar-refractivity contribution in [1.82, 2.24) is 0 Å². The highest BCUT2D eigenvalue weighted by atomic mass is 79.9. The van der Waals surface area contributed by atoms with E-state index in [4.69, 9.17) is 5.11 Å². The molecule has 0 aliphatic heterocycles. The average Bonchev–Trinajstić information content (AvgIpc) is 1.69. The van der Waals surface area contributed by atoms with Crippen LogP contribution in [-0.4, -0.2) is 29.9 Å². The van der Waals surface area contributed by atoms with Crippen molar-refractivity contribution in [2.75, 3.05) is 6.61 Å². The summed E-state index contributed by atoms with van der Waals surface area (Å²) in [5, 5.41) is 7.57. The predicted octanol–water partition coefficient (Wildman–Crippen LogP) is 1.44. The van der Waals surface area contributed by atoms with Crippen LogP contribution in [0.4, 0.5) is 0 Å². The summed E-state index contributed by atoms with van der Waals surface area (Å²) in [6, 6.07) is 0. The minimum Gasteiger partial charge on any atom is -0.397 e. The van der Waals surface area contributed by atoms with Crippen molar-refractivity contribution in [3.05, 3.63) is 0 Å². The summed E-state index contributed by atoms with van der Waals surface area (Å²) in [5.74, 6) is 0. The van der Waals surface area contributed by atoms with Gasteiger partial charge < -0.3 is 18.0 Å². The summed E-state index contributed by atoms with van der Waals surface area (Å²) < 4.78 is 1.38. The highest BCUT2D eigenvalue weighted by Crippen LogP contribution is 1.77. The summed E-state index contributed by atoms with van der Waals surface area (Å²) in [6.45, 7) is 4.13. The summed E-state index contributed by atoms with van der Waals surface area (Å²) in [4.78, 5) is 0. The maximum atomic E-state index is 7.57. The van der Waals surface area contributed by atoms with Gasteiger partial charge in [-0.05, 0) is 6.92 Å². The van der Waals surface area contributed by atoms with Gasteiger partial charge in [-0.1, -0.05) is 6.92 Å². The van der Waals surface area contributed by atoms with Crippen LogP contribution >= 0.6 is 12.9 Å². The maximum absolute atomic E-state index is 7.57. The monoisotopic (exact) mass is 178 g/mol. The fourth-order valence-corrected chi connectivity index (χ4v) is 0. The molecule has 3 heteroatoms. The molecule has 0 spiro atoms. The maximum Gasteiger partial charge on any atom is 0.468 e. The topological polar surface area (TPSA) is 20.2 Å². The second kappa shape index (κ2) is 15.7. The molecule has 1 N–H and O–H groups in total. The lowest BCUT2D eigenvalue weighted by molar-refractivity contribution is 0.318. The van der Waals surface area contributed by atoms with Crippen molar-refractivity contribution in [1.29, 1.82) is 0 Å². The summed E-state index contributed by atoms with van der Waals surface area (Å²) in [7, 11) is 0. The van der Waals surface area contributed by atoms with Crippen LogP contribution in [0.1, 0.15) is 13.8 Å². The Kier molecular flexibility index (Phi) is 24.8. The molecule has 0 bridgehead atoms. The van der Waals surface area contributed by atoms with Crippen molar-refractivity contribution >= 4 is 31.1 Å². The van der Waals surface area contributed by atoms with Crippen molar-refractivity contribution in [3.63, 3.8) is 0 Å². The fraction of sp³-hybridized carbons (Fsp3) is 1.00. The van der Waals surface area contributed by atoms with E-state index in [9.17, 15) is 0 Å². The molecular weight excluding hydrogens is 168 g/mol. The van der Waals surface area contributed by atoms with Gasteiger partial charge in [0, 0.05) is 6.61 Å². The zero-order valence-corrected chi connectivity index (χ0v) is 7.95. The Labute approximate surface area is 61.1 Å². The molecule has 0 aliphatic rings. The van der Waals surface area contributed by atoms with Crippen molar-refractivity contribution in [2.45, 2.75) is 18.4 Å². The molecule has 0 heterocycles. The molecule has 0 amide bonds. The van der Waals surface area contributed by atoms with E-state index >= 15 is 0 Å². The molecule has 1 nitrogen and oxygen atoms in total. The Hall–Kier alpha value is 1.21. The number of rotatable bonds is 1. The average molecular weight is 179 g/mol. The lowest BCUT2D eigenvalue weighted by atomic mass is 10.9. The van der Waals surface area contributed by atoms with E-state index in [1.165, 1.54) is 4.55 Å². The zero-order valence-electron chi connectivity index (χ0n) is 4.95. The normalized spacial score (nSPS) is 5.71. The molecule has 0 radical (unpaired) electrons. The molecule has 42 valence electrons. The number of halogens is 1. The van der Waals surface area contributed by atoms with Crippen LogP contribution in [0.15, 0.2) is 0 Å². The number of hydrogen-bond acceptors (Lipinski definition) is 1. The van der Waals surface area contributed by atoms with Gasteiger partial charge in [0.1, 0.15) is 0 Å². The molecule has 0 saturated carbocycles. The number of hydrogen-bond donors (Lipinski definition) is 1. The minimum atomic E-state index is 0.237. The van der Waals surface area contributed by atoms with Gasteiger partial charge in [-0.2, -0.15) is 0 Å². The van der Waals surface area contributed by atoms with Gasteiger partial charge in [-0.3, -0.25) is 0 Å². The molecule has 0 atom stereocenters. The molecule has 0 aromatic heterocycles. The molecular formula is C4H11BrMgO. The molecule has 0 fully saturated rings. The summed E-state index contributed by atoms with van der Waals surface area (Å²) >= 11 is 3.62. The van der Waals surface area contributed by atoms with Gasteiger partial charge in [0.15, 0.2) is 0 Å². The lowest BCUT2D eigenvalue weighted by Gasteiger charge is -1.59. The molecule has 0 aromatic carbocycles. The van der Waals surface area contributed by atoms with Crippen LogP contribution in [0.3, 0.4) is 0 Å². The minimum absolute atomic E-state index is 0.237. The van der Waals surface area contributed by atoms with Gasteiger partial charge in [-0.15, -0.1) is 4.55 Å². The quantitative estimate of drug-likeness (QED) is 0.604. The van der Waals surface area contributed by atoms with Crippen LogP contribution in [0.2, 0.25) is 4.55 Å². The Bertz CT molecular complexity index is 19.2. The van der Waals surface area contributed by atoms with Gasteiger partial charge >= 0.3 is 18.2 Å². The lowest BCUT2D eigenvalue weighted by Crippen LogP contribution is -1.60. The Balaban J connectivity index is 0. The Morgan fingerprint density at radius 1 is 1.57 bits per heavy atom. The predicted molar refractivity (Wildman–Crippen MR) is 37.9 cm³/mol. The first-order valence-corrected chi connectivity index (χ1v) is 7.40. The largest absolute Gasteiger partial charge is 0.468 e. The first-order valence-electron chi connectivity index (χ1n) is 2.50. The van der Waals surface area contributed by atoms with Crippen molar-refractivity contribution in [3.8, 4) is 0 Å². The fourth-order valence-electron chi connectivity index (χ4n) is 0. The molecule has 0 aliphatic carbocycles. The van der Waals surface area contributed by atoms with Crippen LogP contribution < -0.4 is 0 Å². The smallest absolute Gasteiger partial charge is 0.397 e. The Morgan fingerprint density at radius 2 is 1.71 bits per heavy atom. The summed E-state index contributed by atoms with van der Waals surface area (Å²) in [6.07, 6.45) is 0. The van der Waals surface area contributed by atoms with Crippen LogP contribution in [0.25, 0.3) is 0 Å². The van der Waals surface area contributed by atoms with Crippen molar-refractivity contribution < 1.29 is 5.11 Å². The highest BCUT2D eigenvalue weighted by molar-refractivity contribution is 9.23. The van der Waals surface area contributed by atoms with Gasteiger partial charge in [0.2, 0.25) is 0 Å². The molecule has 7 heavy (non-hydrogen) atoms. The third kappa shape index (κ3) is 40.1. The first kappa shape index (κ1) is 11.1.